The topological polar surface area (TPSA) is 63.3 Å². The summed E-state index contributed by atoms with van der Waals surface area (Å²) in [5, 5.41) is 4.69. The molecule has 0 spiro atoms. The molecule has 0 aliphatic rings. The number of hydrogen-bond acceptors (Lipinski definition) is 4. The molecule has 0 unspecified atom stereocenters. The molecule has 2 aromatic carbocycles. The predicted molar refractivity (Wildman–Crippen MR) is 109 cm³/mol. The van der Waals surface area contributed by atoms with Gasteiger partial charge in [-0.2, -0.15) is 0 Å². The molecule has 0 aliphatic carbocycles. The Balaban J connectivity index is 2.08. The molecule has 3 rings (SSSR count). The number of fused-ring (bicyclic) bond motifs is 1. The number of rotatable bonds is 5. The van der Waals surface area contributed by atoms with Crippen LogP contribution in [0.1, 0.15) is 19.4 Å². The van der Waals surface area contributed by atoms with Crippen molar-refractivity contribution in [3.05, 3.63) is 60.3 Å². The molecule has 3 N–H and O–H groups in total. The van der Waals surface area contributed by atoms with Gasteiger partial charge in [-0.05, 0) is 36.4 Å². The maximum atomic E-state index is 6.30. The molecule has 0 bridgehead atoms. The zero-order valence-corrected chi connectivity index (χ0v) is 15.5. The number of aliphatic imine (C=N–C) groups is 1. The second-order valence-electron chi connectivity index (χ2n) is 5.97. The Hall–Kier alpha value is -2.53. The number of aromatic nitrogens is 1. The van der Waals surface area contributed by atoms with Gasteiger partial charge >= 0.3 is 0 Å². The van der Waals surface area contributed by atoms with Crippen molar-refractivity contribution in [3.8, 4) is 0 Å². The van der Waals surface area contributed by atoms with E-state index in [2.05, 4.69) is 36.3 Å². The molecule has 0 fully saturated rings. The van der Waals surface area contributed by atoms with E-state index in [1.165, 1.54) is 4.90 Å². The van der Waals surface area contributed by atoms with Gasteiger partial charge in [0.25, 0.3) is 0 Å². The van der Waals surface area contributed by atoms with Crippen molar-refractivity contribution in [2.75, 3.05) is 12.4 Å². The highest BCUT2D eigenvalue weighted by molar-refractivity contribution is 7.99. The summed E-state index contributed by atoms with van der Waals surface area (Å²) in [6, 6.07) is 16.1. The van der Waals surface area contributed by atoms with Gasteiger partial charge in [-0.15, -0.1) is 11.8 Å². The van der Waals surface area contributed by atoms with Crippen LogP contribution in [0.2, 0.25) is 0 Å². The molecular formula is C20H22N4S. The Labute approximate surface area is 152 Å². The van der Waals surface area contributed by atoms with Crippen LogP contribution >= 0.6 is 11.8 Å². The van der Waals surface area contributed by atoms with Crippen molar-refractivity contribution in [1.29, 1.82) is 0 Å². The lowest BCUT2D eigenvalue weighted by Crippen LogP contribution is -2.14. The molecule has 25 heavy (non-hydrogen) atoms. The van der Waals surface area contributed by atoms with Crippen molar-refractivity contribution in [3.63, 3.8) is 0 Å². The van der Waals surface area contributed by atoms with Gasteiger partial charge in [0.2, 0.25) is 0 Å². The summed E-state index contributed by atoms with van der Waals surface area (Å²) in [5.74, 6) is 0.486. The summed E-state index contributed by atoms with van der Waals surface area (Å²) in [6.45, 7) is 4.37. The van der Waals surface area contributed by atoms with Crippen molar-refractivity contribution in [2.45, 2.75) is 24.0 Å². The van der Waals surface area contributed by atoms with E-state index in [0.29, 0.717) is 11.1 Å². The van der Waals surface area contributed by atoms with Gasteiger partial charge < -0.3 is 11.1 Å². The summed E-state index contributed by atoms with van der Waals surface area (Å²) in [5.41, 5.74) is 9.90. The van der Waals surface area contributed by atoms with Gasteiger partial charge in [0, 0.05) is 40.0 Å². The van der Waals surface area contributed by atoms with Crippen molar-refractivity contribution in [1.82, 2.24) is 4.98 Å². The number of nitrogens with one attached hydrogen (secondary N) is 1. The maximum Gasteiger partial charge on any atom is 0.133 e. The zero-order chi connectivity index (χ0) is 17.8. The number of anilines is 1. The molecule has 4 nitrogen and oxygen atoms in total. The summed E-state index contributed by atoms with van der Waals surface area (Å²) in [4.78, 5) is 10.3. The first-order valence-corrected chi connectivity index (χ1v) is 9.13. The molecule has 5 heteroatoms. The lowest BCUT2D eigenvalue weighted by atomic mass is 10.1. The molecule has 1 aromatic heterocycles. The van der Waals surface area contributed by atoms with Gasteiger partial charge in [0.15, 0.2) is 0 Å². The molecule has 128 valence electrons. The van der Waals surface area contributed by atoms with Crippen LogP contribution in [0.15, 0.2) is 64.6 Å². The minimum absolute atomic E-state index is 0.486. The monoisotopic (exact) mass is 350 g/mol. The maximum absolute atomic E-state index is 6.30. The highest BCUT2D eigenvalue weighted by atomic mass is 32.2. The average Bonchev–Trinajstić information content (AvgIpc) is 2.61. The van der Waals surface area contributed by atoms with Crippen LogP contribution in [-0.4, -0.2) is 23.1 Å². The molecule has 0 radical (unpaired) electrons. The number of pyridine rings is 1. The fourth-order valence-electron chi connectivity index (χ4n) is 2.67. The van der Waals surface area contributed by atoms with Crippen LogP contribution < -0.4 is 11.1 Å². The van der Waals surface area contributed by atoms with E-state index in [1.54, 1.807) is 6.20 Å². The van der Waals surface area contributed by atoms with Gasteiger partial charge in [0.1, 0.15) is 5.84 Å². The van der Waals surface area contributed by atoms with Crippen LogP contribution in [0.3, 0.4) is 0 Å². The van der Waals surface area contributed by atoms with E-state index < -0.39 is 0 Å². The van der Waals surface area contributed by atoms with Crippen molar-refractivity contribution in [2.24, 2.45) is 10.7 Å². The number of hydrogen-bond donors (Lipinski definition) is 2. The molecule has 0 amide bonds. The van der Waals surface area contributed by atoms with Gasteiger partial charge in [-0.25, -0.2) is 4.99 Å². The quantitative estimate of drug-likeness (QED) is 0.394. The lowest BCUT2D eigenvalue weighted by molar-refractivity contribution is 1.11. The Morgan fingerprint density at radius 2 is 1.96 bits per heavy atom. The summed E-state index contributed by atoms with van der Waals surface area (Å²) < 4.78 is 0. The number of nitrogens with zero attached hydrogens (tertiary/aromatic N) is 2. The molecule has 0 aliphatic heterocycles. The first kappa shape index (κ1) is 17.3. The second-order valence-corrected chi connectivity index (χ2v) is 7.62. The van der Waals surface area contributed by atoms with Crippen molar-refractivity contribution >= 4 is 39.9 Å². The third-order valence-corrected chi connectivity index (χ3v) is 4.77. The van der Waals surface area contributed by atoms with E-state index >= 15 is 0 Å². The van der Waals surface area contributed by atoms with E-state index in [4.69, 9.17) is 10.7 Å². The number of amidine groups is 1. The van der Waals surface area contributed by atoms with Crippen molar-refractivity contribution < 1.29 is 0 Å². The summed E-state index contributed by atoms with van der Waals surface area (Å²) in [7, 11) is 1.88. The first-order chi connectivity index (χ1) is 12.1. The summed E-state index contributed by atoms with van der Waals surface area (Å²) in [6.07, 6.45) is 1.77. The third-order valence-electron chi connectivity index (χ3n) is 3.78. The molecular weight excluding hydrogens is 328 g/mol. The zero-order valence-electron chi connectivity index (χ0n) is 14.7. The second kappa shape index (κ2) is 7.57. The number of nitrogens with two attached hydrogens (primary N) is 1. The van der Waals surface area contributed by atoms with Gasteiger partial charge in [-0.3, -0.25) is 4.98 Å². The largest absolute Gasteiger partial charge is 0.388 e. The molecule has 0 saturated heterocycles. The van der Waals surface area contributed by atoms with E-state index in [-0.39, 0.29) is 0 Å². The Bertz CT molecular complexity index is 918. The van der Waals surface area contributed by atoms with Crippen LogP contribution in [0, 0.1) is 0 Å². The molecule has 0 saturated carbocycles. The smallest absolute Gasteiger partial charge is 0.133 e. The van der Waals surface area contributed by atoms with Crippen LogP contribution in [0.4, 0.5) is 11.4 Å². The van der Waals surface area contributed by atoms with E-state index in [0.717, 1.165) is 27.8 Å². The Kier molecular flexibility index (Phi) is 5.24. The fraction of sp³-hybridized carbons (Fsp3) is 0.200. The Morgan fingerprint density at radius 1 is 1.16 bits per heavy atom. The summed E-state index contributed by atoms with van der Waals surface area (Å²) >= 11 is 1.83. The molecule has 3 aromatic rings. The van der Waals surface area contributed by atoms with Crippen LogP contribution in [-0.2, 0) is 0 Å². The fourth-order valence-corrected chi connectivity index (χ4v) is 3.55. The van der Waals surface area contributed by atoms with Gasteiger partial charge in [-0.1, -0.05) is 26.0 Å². The van der Waals surface area contributed by atoms with E-state index in [9.17, 15) is 0 Å². The average molecular weight is 350 g/mol. The third kappa shape index (κ3) is 3.94. The SMILES string of the molecule is CNc1ccccc1C(N)=Nc1ccnc2ccc(SC(C)C)cc12. The van der Waals surface area contributed by atoms with Gasteiger partial charge in [0.05, 0.1) is 11.2 Å². The van der Waals surface area contributed by atoms with Crippen LogP contribution in [0.5, 0.6) is 0 Å². The lowest BCUT2D eigenvalue weighted by Gasteiger charge is -2.10. The number of thioether (sulfide) groups is 1. The standard InChI is InChI=1S/C20H22N4S/c1-13(2)25-14-8-9-18-16(12-14)19(10-11-23-18)24-20(21)15-6-4-5-7-17(15)22-3/h4-13,22H,1-3H3,(H2,21,23,24). The minimum Gasteiger partial charge on any atom is -0.388 e. The highest BCUT2D eigenvalue weighted by Crippen LogP contribution is 2.31. The molecule has 0 atom stereocenters. The van der Waals surface area contributed by atoms with E-state index in [1.807, 2.05) is 55.2 Å². The van der Waals surface area contributed by atoms with Crippen LogP contribution in [0.25, 0.3) is 10.9 Å². The molecule has 1 heterocycles. The minimum atomic E-state index is 0.486. The Morgan fingerprint density at radius 3 is 2.72 bits per heavy atom. The predicted octanol–water partition coefficient (Wildman–Crippen LogP) is 4.81. The normalized spacial score (nSPS) is 11.9. The highest BCUT2D eigenvalue weighted by Gasteiger charge is 2.08. The first-order valence-electron chi connectivity index (χ1n) is 8.25. The number of benzene rings is 2. The number of para-hydroxylation sites is 1.